The van der Waals surface area contributed by atoms with Crippen molar-refractivity contribution in [3.05, 3.63) is 44.3 Å². The van der Waals surface area contributed by atoms with E-state index in [2.05, 4.69) is 42.2 Å². The minimum Gasteiger partial charge on any atom is -0.464 e. The minimum atomic E-state index is -0.368. The highest BCUT2D eigenvalue weighted by Gasteiger charge is 2.15. The molecule has 0 unspecified atom stereocenters. The number of nitrogens with one attached hydrogen (secondary N) is 2. The number of esters is 2. The molecule has 0 fully saturated rings. The lowest BCUT2D eigenvalue weighted by Crippen LogP contribution is -2.20. The molecule has 0 amide bonds. The Morgan fingerprint density at radius 3 is 1.60 bits per heavy atom. The highest BCUT2D eigenvalue weighted by Crippen LogP contribution is 2.24. The second-order valence-electron chi connectivity index (χ2n) is 6.43. The van der Waals surface area contributed by atoms with E-state index in [1.165, 1.54) is 48.0 Å². The number of aromatic nitrogens is 2. The Morgan fingerprint density at radius 1 is 0.833 bits per heavy atom. The number of methoxy groups -OCH3 is 2. The van der Waals surface area contributed by atoms with Gasteiger partial charge in [0.2, 0.25) is 0 Å². The number of rotatable bonds is 4. The van der Waals surface area contributed by atoms with Gasteiger partial charge in [-0.3, -0.25) is 0 Å². The summed E-state index contributed by atoms with van der Waals surface area (Å²) in [7, 11) is 2.73. The molecule has 160 valence electrons. The Hall–Kier alpha value is -2.40. The summed E-state index contributed by atoms with van der Waals surface area (Å²) in [6.45, 7) is 3.70. The minimum absolute atomic E-state index is 0.368. The maximum absolute atomic E-state index is 11.2. The lowest BCUT2D eigenvalue weighted by atomic mass is 10.1. The SMILES string of the molecule is COC(=O)c1csc(C2=CCNCC2)n1.COC(=O)c1csc(C2=CCNCC2)n1. The van der Waals surface area contributed by atoms with E-state index >= 15 is 0 Å². The summed E-state index contributed by atoms with van der Waals surface area (Å²) in [5, 5.41) is 11.8. The number of carbonyl (C=O) groups is 2. The first kappa shape index (κ1) is 22.3. The van der Waals surface area contributed by atoms with Crippen molar-refractivity contribution in [1.82, 2.24) is 20.6 Å². The van der Waals surface area contributed by atoms with Crippen molar-refractivity contribution in [2.24, 2.45) is 0 Å². The zero-order valence-electron chi connectivity index (χ0n) is 16.9. The number of hydrogen-bond acceptors (Lipinski definition) is 10. The molecule has 4 heterocycles. The van der Waals surface area contributed by atoms with Crippen molar-refractivity contribution >= 4 is 45.8 Å². The van der Waals surface area contributed by atoms with Gasteiger partial charge in [-0.25, -0.2) is 19.6 Å². The molecule has 0 saturated carbocycles. The third kappa shape index (κ3) is 5.82. The smallest absolute Gasteiger partial charge is 0.357 e. The standard InChI is InChI=1S/2C10H12N2O2S/c2*1-14-10(13)8-6-15-9(12-8)7-2-4-11-5-3-7/h2*2,6,11H,3-5H2,1H3. The van der Waals surface area contributed by atoms with Gasteiger partial charge < -0.3 is 20.1 Å². The lowest BCUT2D eigenvalue weighted by Gasteiger charge is -2.10. The van der Waals surface area contributed by atoms with Gasteiger partial charge in [-0.05, 0) is 37.1 Å². The van der Waals surface area contributed by atoms with E-state index < -0.39 is 0 Å². The van der Waals surface area contributed by atoms with Crippen molar-refractivity contribution in [3.63, 3.8) is 0 Å². The van der Waals surface area contributed by atoms with E-state index in [0.29, 0.717) is 11.4 Å². The number of carbonyl (C=O) groups excluding carboxylic acids is 2. The van der Waals surface area contributed by atoms with Crippen LogP contribution in [0.1, 0.15) is 43.8 Å². The highest BCUT2D eigenvalue weighted by atomic mass is 32.1. The monoisotopic (exact) mass is 448 g/mol. The second-order valence-corrected chi connectivity index (χ2v) is 8.14. The summed E-state index contributed by atoms with van der Waals surface area (Å²) in [5.41, 5.74) is 3.23. The topological polar surface area (TPSA) is 102 Å². The van der Waals surface area contributed by atoms with E-state index in [0.717, 1.165) is 49.0 Å². The van der Waals surface area contributed by atoms with Crippen LogP contribution in [-0.2, 0) is 9.47 Å². The maximum atomic E-state index is 11.2. The molecule has 0 aliphatic carbocycles. The number of hydrogen-bond donors (Lipinski definition) is 2. The first-order chi connectivity index (χ1) is 14.6. The summed E-state index contributed by atoms with van der Waals surface area (Å²) in [5.74, 6) is -0.737. The first-order valence-electron chi connectivity index (χ1n) is 9.50. The summed E-state index contributed by atoms with van der Waals surface area (Å²) in [6.07, 6.45) is 6.16. The fourth-order valence-corrected chi connectivity index (χ4v) is 4.59. The number of nitrogens with zero attached hydrogens (tertiary/aromatic N) is 2. The van der Waals surface area contributed by atoms with Crippen molar-refractivity contribution in [2.45, 2.75) is 12.8 Å². The molecule has 30 heavy (non-hydrogen) atoms. The van der Waals surface area contributed by atoms with E-state index in [-0.39, 0.29) is 11.9 Å². The Labute approximate surface area is 183 Å². The van der Waals surface area contributed by atoms with Crippen LogP contribution in [0.15, 0.2) is 22.9 Å². The zero-order valence-corrected chi connectivity index (χ0v) is 18.5. The largest absolute Gasteiger partial charge is 0.464 e. The average molecular weight is 449 g/mol. The molecule has 2 aliphatic rings. The Morgan fingerprint density at radius 2 is 1.27 bits per heavy atom. The predicted octanol–water partition coefficient (Wildman–Crippen LogP) is 2.61. The van der Waals surface area contributed by atoms with Gasteiger partial charge in [-0.1, -0.05) is 12.2 Å². The van der Waals surface area contributed by atoms with Crippen LogP contribution in [0.25, 0.3) is 11.1 Å². The van der Waals surface area contributed by atoms with Gasteiger partial charge in [0, 0.05) is 23.8 Å². The van der Waals surface area contributed by atoms with Crippen LogP contribution < -0.4 is 10.6 Å². The normalized spacial score (nSPS) is 15.9. The lowest BCUT2D eigenvalue weighted by molar-refractivity contribution is 0.0586. The molecule has 0 atom stereocenters. The van der Waals surface area contributed by atoms with Crippen LogP contribution in [0.2, 0.25) is 0 Å². The van der Waals surface area contributed by atoms with Gasteiger partial charge in [0.1, 0.15) is 10.0 Å². The van der Waals surface area contributed by atoms with Crippen molar-refractivity contribution in [3.8, 4) is 0 Å². The average Bonchev–Trinajstić information content (AvgIpc) is 3.50. The van der Waals surface area contributed by atoms with Gasteiger partial charge >= 0.3 is 11.9 Å². The summed E-state index contributed by atoms with van der Waals surface area (Å²) in [6, 6.07) is 0. The fourth-order valence-electron chi connectivity index (χ4n) is 2.87. The third-order valence-electron chi connectivity index (χ3n) is 4.47. The van der Waals surface area contributed by atoms with Gasteiger partial charge in [0.25, 0.3) is 0 Å². The number of ether oxygens (including phenoxy) is 2. The molecule has 0 radical (unpaired) electrons. The third-order valence-corrected chi connectivity index (χ3v) is 6.31. The molecule has 0 spiro atoms. The first-order valence-corrected chi connectivity index (χ1v) is 11.3. The van der Waals surface area contributed by atoms with Gasteiger partial charge in [-0.2, -0.15) is 0 Å². The maximum Gasteiger partial charge on any atom is 0.357 e. The molecule has 2 aliphatic heterocycles. The number of thiazole rings is 2. The van der Waals surface area contributed by atoms with Gasteiger partial charge in [-0.15, -0.1) is 22.7 Å². The van der Waals surface area contributed by atoms with Crippen molar-refractivity contribution in [2.75, 3.05) is 40.4 Å². The molecule has 2 aromatic rings. The molecule has 10 heteroatoms. The Bertz CT molecular complexity index is 872. The molecule has 2 N–H and O–H groups in total. The van der Waals surface area contributed by atoms with E-state index in [9.17, 15) is 9.59 Å². The van der Waals surface area contributed by atoms with Gasteiger partial charge in [0.15, 0.2) is 11.4 Å². The Kier molecular flexibility index (Phi) is 8.26. The highest BCUT2D eigenvalue weighted by molar-refractivity contribution is 7.11. The predicted molar refractivity (Wildman–Crippen MR) is 118 cm³/mol. The molecule has 4 rings (SSSR count). The van der Waals surface area contributed by atoms with Gasteiger partial charge in [0.05, 0.1) is 14.2 Å². The summed E-state index contributed by atoms with van der Waals surface area (Å²) >= 11 is 2.98. The Balaban J connectivity index is 0.000000171. The van der Waals surface area contributed by atoms with E-state index in [1.807, 2.05) is 0 Å². The van der Waals surface area contributed by atoms with Crippen molar-refractivity contribution in [1.29, 1.82) is 0 Å². The van der Waals surface area contributed by atoms with E-state index in [4.69, 9.17) is 0 Å². The molecular weight excluding hydrogens is 424 g/mol. The second kappa shape index (κ2) is 11.1. The van der Waals surface area contributed by atoms with Crippen LogP contribution in [0.5, 0.6) is 0 Å². The summed E-state index contributed by atoms with van der Waals surface area (Å²) < 4.78 is 9.22. The molecule has 8 nitrogen and oxygen atoms in total. The molecule has 0 bridgehead atoms. The molecular formula is C20H24N4O4S2. The van der Waals surface area contributed by atoms with Crippen LogP contribution >= 0.6 is 22.7 Å². The van der Waals surface area contributed by atoms with Crippen LogP contribution in [0.3, 0.4) is 0 Å². The molecule has 0 aromatic carbocycles. The summed E-state index contributed by atoms with van der Waals surface area (Å²) in [4.78, 5) is 30.9. The zero-order chi connectivity index (χ0) is 21.3. The van der Waals surface area contributed by atoms with Crippen LogP contribution in [0, 0.1) is 0 Å². The van der Waals surface area contributed by atoms with Crippen LogP contribution in [0.4, 0.5) is 0 Å². The fraction of sp³-hybridized carbons (Fsp3) is 0.400. The van der Waals surface area contributed by atoms with Crippen LogP contribution in [-0.4, -0.2) is 62.3 Å². The van der Waals surface area contributed by atoms with Crippen molar-refractivity contribution < 1.29 is 19.1 Å². The molecule has 2 aromatic heterocycles. The van der Waals surface area contributed by atoms with E-state index in [1.54, 1.807) is 10.8 Å². The molecule has 0 saturated heterocycles. The quantitative estimate of drug-likeness (QED) is 0.688.